The van der Waals surface area contributed by atoms with Crippen molar-refractivity contribution in [2.24, 2.45) is 0 Å². The molecule has 4 heterocycles. The lowest BCUT2D eigenvalue weighted by molar-refractivity contribution is 0.633. The maximum atomic E-state index is 6.76. The summed E-state index contributed by atoms with van der Waals surface area (Å²) in [6.45, 7) is 4.75. The predicted octanol–water partition coefficient (Wildman–Crippen LogP) is 18.4. The van der Waals surface area contributed by atoms with Crippen molar-refractivity contribution in [1.82, 2.24) is 14.1 Å². The maximum absolute atomic E-state index is 6.76. The molecule has 14 aromatic rings. The van der Waals surface area contributed by atoms with Gasteiger partial charge >= 0.3 is 0 Å². The van der Waals surface area contributed by atoms with Crippen molar-refractivity contribution < 1.29 is 4.42 Å². The number of hydrogen-bond acceptors (Lipinski definition) is 3. The van der Waals surface area contributed by atoms with Crippen LogP contribution in [0.2, 0.25) is 0 Å². The molecule has 73 heavy (non-hydrogen) atoms. The van der Waals surface area contributed by atoms with Crippen LogP contribution >= 0.6 is 0 Å². The van der Waals surface area contributed by atoms with E-state index in [-0.39, 0.29) is 5.41 Å². The smallest absolute Gasteiger partial charge is 0.143 e. The molecule has 11 aromatic carbocycles. The Balaban J connectivity index is 1.17. The first-order valence-electron chi connectivity index (χ1n) is 25.1. The largest absolute Gasteiger partial charge is 0.455 e. The fourth-order valence-corrected chi connectivity index (χ4v) is 12.2. The number of furan rings is 1. The molecule has 0 fully saturated rings. The molecule has 15 rings (SSSR count). The summed E-state index contributed by atoms with van der Waals surface area (Å²) < 4.78 is 11.6. The first-order valence-corrected chi connectivity index (χ1v) is 25.1. The van der Waals surface area contributed by atoms with Gasteiger partial charge in [-0.1, -0.05) is 153 Å². The third-order valence-corrected chi connectivity index (χ3v) is 15.5. The van der Waals surface area contributed by atoms with Crippen LogP contribution in [0.3, 0.4) is 0 Å². The normalized spacial score (nSPS) is 13.2. The quantitative estimate of drug-likeness (QED) is 0.165. The summed E-state index contributed by atoms with van der Waals surface area (Å²) in [5.41, 5.74) is 17.0. The van der Waals surface area contributed by atoms with E-state index in [9.17, 15) is 0 Å². The van der Waals surface area contributed by atoms with Gasteiger partial charge in [0.2, 0.25) is 0 Å². The number of pyridine rings is 1. The van der Waals surface area contributed by atoms with Crippen LogP contribution in [0.4, 0.5) is 17.1 Å². The highest BCUT2D eigenvalue weighted by Crippen LogP contribution is 2.54. The summed E-state index contributed by atoms with van der Waals surface area (Å²) in [4.78, 5) is 7.90. The minimum Gasteiger partial charge on any atom is -0.455 e. The summed E-state index contributed by atoms with van der Waals surface area (Å²) >= 11 is 0. The van der Waals surface area contributed by atoms with Gasteiger partial charge in [-0.15, -0.1) is 0 Å². The molecule has 0 aliphatic carbocycles. The first kappa shape index (κ1) is 41.3. The minimum absolute atomic E-state index is 0.341. The Labute approximate surface area is 421 Å². The average Bonchev–Trinajstić information content (AvgIpc) is 3.84. The van der Waals surface area contributed by atoms with Crippen LogP contribution in [0.1, 0.15) is 25.0 Å². The van der Waals surface area contributed by atoms with E-state index in [0.29, 0.717) is 0 Å². The van der Waals surface area contributed by atoms with Gasteiger partial charge in [-0.3, -0.25) is 4.98 Å². The molecule has 0 bridgehead atoms. The molecule has 0 radical (unpaired) electrons. The van der Waals surface area contributed by atoms with Crippen molar-refractivity contribution in [3.63, 3.8) is 0 Å². The molecule has 0 saturated carbocycles. The zero-order chi connectivity index (χ0) is 48.4. The van der Waals surface area contributed by atoms with E-state index < -0.39 is 0 Å². The van der Waals surface area contributed by atoms with Crippen molar-refractivity contribution in [2.45, 2.75) is 19.3 Å². The molecule has 1 aliphatic rings. The van der Waals surface area contributed by atoms with Crippen LogP contribution in [0.5, 0.6) is 0 Å². The van der Waals surface area contributed by atoms with Crippen LogP contribution in [-0.2, 0) is 5.41 Å². The highest BCUT2D eigenvalue weighted by atomic mass is 16.3. The Hall–Kier alpha value is -9.45. The minimum atomic E-state index is -0.341. The van der Waals surface area contributed by atoms with Gasteiger partial charge in [0.15, 0.2) is 0 Å². The van der Waals surface area contributed by atoms with Crippen LogP contribution in [0.25, 0.3) is 110 Å². The van der Waals surface area contributed by atoms with E-state index in [1.165, 1.54) is 16.8 Å². The summed E-state index contributed by atoms with van der Waals surface area (Å²) in [6, 6.07) is 86.2. The van der Waals surface area contributed by atoms with E-state index in [1.54, 1.807) is 0 Å². The molecule has 0 spiro atoms. The second-order valence-electron chi connectivity index (χ2n) is 19.9. The number of nitrogens with zero attached hydrogens (tertiary/aromatic N) is 4. The second-order valence-corrected chi connectivity index (χ2v) is 19.9. The molecule has 0 N–H and O–H groups in total. The number of benzene rings is 10. The van der Waals surface area contributed by atoms with E-state index in [2.05, 4.69) is 258 Å². The summed E-state index contributed by atoms with van der Waals surface area (Å²) in [6.07, 6.45) is 1.96. The van der Waals surface area contributed by atoms with Crippen LogP contribution in [-0.4, -0.2) is 14.1 Å². The molecule has 0 amide bonds. The molecular weight excluding hydrogens is 889 g/mol. The Morgan fingerprint density at radius 2 is 0.945 bits per heavy atom. The SMILES string of the molecule is CC1(C)c2ccccc2N(c2ccccc2)c2cc3c4cc(-c5cccc6c5oc5ccccc56)ccc4c4cc5c(cc4c4cccnc4c3cc21)n(-c1ccccc1)c1ccccc1n5-c1ccccc1. The van der Waals surface area contributed by atoms with E-state index in [0.717, 1.165) is 121 Å². The Morgan fingerprint density at radius 3 is 1.67 bits per heavy atom. The summed E-state index contributed by atoms with van der Waals surface area (Å²) in [7, 11) is 0. The molecule has 0 unspecified atom stereocenters. The zero-order valence-electron chi connectivity index (χ0n) is 40.3. The van der Waals surface area contributed by atoms with Crippen molar-refractivity contribution in [3.8, 4) is 22.5 Å². The van der Waals surface area contributed by atoms with Crippen LogP contribution in [0.15, 0.2) is 247 Å². The monoisotopic (exact) mass is 934 g/mol. The molecule has 5 nitrogen and oxygen atoms in total. The van der Waals surface area contributed by atoms with E-state index in [1.807, 2.05) is 12.3 Å². The van der Waals surface area contributed by atoms with Crippen LogP contribution < -0.4 is 4.90 Å². The highest BCUT2D eigenvalue weighted by Gasteiger charge is 2.37. The van der Waals surface area contributed by atoms with E-state index >= 15 is 0 Å². The predicted molar refractivity (Wildman–Crippen MR) is 305 cm³/mol. The topological polar surface area (TPSA) is 39.1 Å². The van der Waals surface area contributed by atoms with Gasteiger partial charge in [-0.05, 0) is 141 Å². The van der Waals surface area contributed by atoms with Gasteiger partial charge in [-0.25, -0.2) is 0 Å². The molecular formula is C68H46N4O. The van der Waals surface area contributed by atoms with Gasteiger partial charge in [0.05, 0.1) is 39.0 Å². The lowest BCUT2D eigenvalue weighted by Gasteiger charge is -2.42. The maximum Gasteiger partial charge on any atom is 0.143 e. The van der Waals surface area contributed by atoms with Gasteiger partial charge in [0, 0.05) is 55.8 Å². The second kappa shape index (κ2) is 15.8. The number of rotatable bonds is 4. The lowest BCUT2D eigenvalue weighted by atomic mass is 9.72. The van der Waals surface area contributed by atoms with Gasteiger partial charge in [0.25, 0.3) is 0 Å². The summed E-state index contributed by atoms with van der Waals surface area (Å²) in [5, 5.41) is 9.99. The standard InChI is InChI=1S/C68H46N4O/c1-68(2)57-30-13-14-31-59(57)70(44-20-6-3-7-21-44)62-40-55-52-38-43(47-27-18-28-51-49-26-12-17-34-65(49)73-67(47)51)35-36-48(52)53-41-63-64(42-54(53)50-29-19-37-69-66(50)56(55)39-58(62)68)72(46-24-10-5-11-25-46)61-33-16-15-32-60(61)71(63)45-22-8-4-9-23-45/h3-42H,1-2H3. The number of anilines is 3. The molecule has 1 aliphatic heterocycles. The average molecular weight is 935 g/mol. The van der Waals surface area contributed by atoms with Crippen molar-refractivity contribution in [1.29, 1.82) is 0 Å². The van der Waals surface area contributed by atoms with Gasteiger partial charge in [0.1, 0.15) is 11.2 Å². The van der Waals surface area contributed by atoms with Crippen molar-refractivity contribution >= 4 is 104 Å². The number of hydrogen-bond donors (Lipinski definition) is 0. The zero-order valence-corrected chi connectivity index (χ0v) is 40.3. The van der Waals surface area contributed by atoms with Crippen molar-refractivity contribution in [3.05, 3.63) is 254 Å². The molecule has 5 heteroatoms. The molecule has 0 saturated heterocycles. The third-order valence-electron chi connectivity index (χ3n) is 15.5. The fourth-order valence-electron chi connectivity index (χ4n) is 12.2. The Kier molecular flexibility index (Phi) is 8.94. The lowest BCUT2D eigenvalue weighted by Crippen LogP contribution is -2.30. The number of fused-ring (bicyclic) bond motifs is 15. The highest BCUT2D eigenvalue weighted by molar-refractivity contribution is 6.28. The van der Waals surface area contributed by atoms with Crippen LogP contribution in [0, 0.1) is 0 Å². The number of para-hydroxylation sites is 8. The first-order chi connectivity index (χ1) is 36.0. The van der Waals surface area contributed by atoms with E-state index in [4.69, 9.17) is 9.40 Å². The molecule has 3 aromatic heterocycles. The third kappa shape index (κ3) is 6.12. The Bertz CT molecular complexity index is 4640. The molecule has 344 valence electrons. The van der Waals surface area contributed by atoms with Crippen molar-refractivity contribution in [2.75, 3.05) is 4.90 Å². The number of aromatic nitrogens is 3. The molecule has 0 atom stereocenters. The fraction of sp³-hybridized carbons (Fsp3) is 0.0441. The van der Waals surface area contributed by atoms with Gasteiger partial charge < -0.3 is 18.5 Å². The Morgan fingerprint density at radius 1 is 0.370 bits per heavy atom. The summed E-state index contributed by atoms with van der Waals surface area (Å²) in [5.74, 6) is 0. The van der Waals surface area contributed by atoms with Gasteiger partial charge in [-0.2, -0.15) is 0 Å².